The molecular formula is C15H8BrN3O2. The standard InChI is InChI=1S/C15H8BrN3O2/c16-10-3-4-11-13(6-10)19(15(21)14(11)20)8-9-2-1-5-18-12(9)7-17/h1-6H,8H2. The molecule has 0 saturated carbocycles. The number of halogens is 1. The van der Waals surface area contributed by atoms with Crippen molar-refractivity contribution in [2.45, 2.75) is 6.54 Å². The zero-order chi connectivity index (χ0) is 15.0. The van der Waals surface area contributed by atoms with Gasteiger partial charge in [0.2, 0.25) is 0 Å². The van der Waals surface area contributed by atoms with Crippen LogP contribution in [0.15, 0.2) is 41.0 Å². The summed E-state index contributed by atoms with van der Waals surface area (Å²) in [4.78, 5) is 29.4. The van der Waals surface area contributed by atoms with E-state index in [9.17, 15) is 9.59 Å². The van der Waals surface area contributed by atoms with E-state index in [1.54, 1.807) is 30.3 Å². The highest BCUT2D eigenvalue weighted by Gasteiger charge is 2.36. The van der Waals surface area contributed by atoms with Crippen LogP contribution in [0.25, 0.3) is 0 Å². The Labute approximate surface area is 129 Å². The van der Waals surface area contributed by atoms with Crippen LogP contribution in [-0.2, 0) is 11.3 Å². The van der Waals surface area contributed by atoms with Crippen molar-refractivity contribution in [3.05, 3.63) is 57.8 Å². The molecule has 2 heterocycles. The maximum Gasteiger partial charge on any atom is 0.299 e. The molecule has 1 amide bonds. The second-order valence-electron chi connectivity index (χ2n) is 4.50. The third-order valence-corrected chi connectivity index (χ3v) is 3.75. The molecule has 0 fully saturated rings. The maximum atomic E-state index is 12.1. The van der Waals surface area contributed by atoms with Crippen LogP contribution in [0.3, 0.4) is 0 Å². The Morgan fingerprint density at radius 2 is 2.10 bits per heavy atom. The number of rotatable bonds is 2. The van der Waals surface area contributed by atoms with Crippen molar-refractivity contribution in [2.75, 3.05) is 4.90 Å². The minimum atomic E-state index is -0.587. The zero-order valence-electron chi connectivity index (χ0n) is 10.7. The van der Waals surface area contributed by atoms with Gasteiger partial charge in [0.05, 0.1) is 17.8 Å². The van der Waals surface area contributed by atoms with Crippen LogP contribution < -0.4 is 4.90 Å². The molecule has 0 radical (unpaired) electrons. The smallest absolute Gasteiger partial charge is 0.299 e. The second kappa shape index (κ2) is 5.11. The van der Waals surface area contributed by atoms with Crippen LogP contribution in [0.4, 0.5) is 5.69 Å². The molecule has 6 heteroatoms. The van der Waals surface area contributed by atoms with E-state index >= 15 is 0 Å². The van der Waals surface area contributed by atoms with Gasteiger partial charge in [-0.3, -0.25) is 9.59 Å². The number of Topliss-reactive ketones (excluding diaryl/α,β-unsaturated/α-hetero) is 1. The summed E-state index contributed by atoms with van der Waals surface area (Å²) >= 11 is 3.33. The Bertz CT molecular complexity index is 811. The van der Waals surface area contributed by atoms with Gasteiger partial charge in [0.25, 0.3) is 11.7 Å². The molecule has 21 heavy (non-hydrogen) atoms. The predicted molar refractivity (Wildman–Crippen MR) is 78.6 cm³/mol. The summed E-state index contributed by atoms with van der Waals surface area (Å²) in [6.07, 6.45) is 1.52. The number of ketones is 1. The Morgan fingerprint density at radius 1 is 1.29 bits per heavy atom. The topological polar surface area (TPSA) is 74.1 Å². The highest BCUT2D eigenvalue weighted by Crippen LogP contribution is 2.33. The number of aromatic nitrogens is 1. The lowest BCUT2D eigenvalue weighted by molar-refractivity contribution is -0.114. The summed E-state index contributed by atoms with van der Waals surface area (Å²) < 4.78 is 0.778. The summed E-state index contributed by atoms with van der Waals surface area (Å²) in [5, 5.41) is 9.06. The molecule has 2 aromatic rings. The number of hydrogen-bond donors (Lipinski definition) is 0. The molecule has 0 spiro atoms. The monoisotopic (exact) mass is 341 g/mol. The number of nitrogens with zero attached hydrogens (tertiary/aromatic N) is 3. The molecule has 102 valence electrons. The average molecular weight is 342 g/mol. The molecule has 0 saturated heterocycles. The van der Waals surface area contributed by atoms with Gasteiger partial charge < -0.3 is 4.90 Å². The van der Waals surface area contributed by atoms with Gasteiger partial charge in [-0.05, 0) is 24.3 Å². The minimum Gasteiger partial charge on any atom is -0.300 e. The summed E-state index contributed by atoms with van der Waals surface area (Å²) in [5.74, 6) is -1.12. The summed E-state index contributed by atoms with van der Waals surface area (Å²) in [6, 6.07) is 10.5. The van der Waals surface area contributed by atoms with Crippen LogP contribution in [0.5, 0.6) is 0 Å². The molecule has 5 nitrogen and oxygen atoms in total. The van der Waals surface area contributed by atoms with Crippen LogP contribution in [0, 0.1) is 11.3 Å². The van der Waals surface area contributed by atoms with E-state index in [4.69, 9.17) is 5.26 Å². The van der Waals surface area contributed by atoms with E-state index in [0.717, 1.165) is 4.47 Å². The first-order chi connectivity index (χ1) is 10.1. The fraction of sp³-hybridized carbons (Fsp3) is 0.0667. The van der Waals surface area contributed by atoms with Crippen molar-refractivity contribution in [3.8, 4) is 6.07 Å². The van der Waals surface area contributed by atoms with Crippen LogP contribution >= 0.6 is 15.9 Å². The summed E-state index contributed by atoms with van der Waals surface area (Å²) in [6.45, 7) is 0.144. The highest BCUT2D eigenvalue weighted by molar-refractivity contribution is 9.10. The van der Waals surface area contributed by atoms with E-state index in [1.807, 2.05) is 6.07 Å². The lowest BCUT2D eigenvalue weighted by Crippen LogP contribution is -2.29. The van der Waals surface area contributed by atoms with Gasteiger partial charge >= 0.3 is 0 Å². The van der Waals surface area contributed by atoms with Crippen LogP contribution in [0.2, 0.25) is 0 Å². The lowest BCUT2D eigenvalue weighted by atomic mass is 10.1. The third kappa shape index (κ3) is 2.22. The third-order valence-electron chi connectivity index (χ3n) is 3.26. The molecule has 0 bridgehead atoms. The number of anilines is 1. The SMILES string of the molecule is N#Cc1ncccc1CN1C(=O)C(=O)c2ccc(Br)cc21. The van der Waals surface area contributed by atoms with Crippen molar-refractivity contribution in [3.63, 3.8) is 0 Å². The first-order valence-corrected chi connectivity index (χ1v) is 6.91. The van der Waals surface area contributed by atoms with Gasteiger partial charge in [-0.15, -0.1) is 0 Å². The first-order valence-electron chi connectivity index (χ1n) is 6.11. The normalized spacial score (nSPS) is 13.2. The molecule has 0 N–H and O–H groups in total. The number of amides is 1. The number of carbonyl (C=O) groups is 2. The van der Waals surface area contributed by atoms with Gasteiger partial charge in [0, 0.05) is 16.2 Å². The lowest BCUT2D eigenvalue weighted by Gasteiger charge is -2.17. The largest absolute Gasteiger partial charge is 0.300 e. The molecule has 3 rings (SSSR count). The second-order valence-corrected chi connectivity index (χ2v) is 5.42. The predicted octanol–water partition coefficient (Wildman–Crippen LogP) is 2.45. The molecule has 1 aromatic heterocycles. The van der Waals surface area contributed by atoms with E-state index in [1.165, 1.54) is 11.1 Å². The summed E-state index contributed by atoms with van der Waals surface area (Å²) in [7, 11) is 0. The van der Waals surface area contributed by atoms with Crippen molar-refractivity contribution < 1.29 is 9.59 Å². The number of hydrogen-bond acceptors (Lipinski definition) is 4. The molecule has 1 aliphatic rings. The number of pyridine rings is 1. The van der Waals surface area contributed by atoms with Crippen LogP contribution in [0.1, 0.15) is 21.6 Å². The number of nitriles is 1. The average Bonchev–Trinajstić information content (AvgIpc) is 2.72. The van der Waals surface area contributed by atoms with E-state index in [0.29, 0.717) is 16.8 Å². The van der Waals surface area contributed by atoms with Crippen molar-refractivity contribution >= 4 is 33.3 Å². The fourth-order valence-electron chi connectivity index (χ4n) is 2.26. The van der Waals surface area contributed by atoms with Crippen molar-refractivity contribution in [1.82, 2.24) is 4.98 Å². The minimum absolute atomic E-state index is 0.144. The number of benzene rings is 1. The van der Waals surface area contributed by atoms with Crippen molar-refractivity contribution in [2.24, 2.45) is 0 Å². The Morgan fingerprint density at radius 3 is 2.86 bits per heavy atom. The summed E-state index contributed by atoms with van der Waals surface area (Å²) in [5.41, 5.74) is 1.79. The van der Waals surface area contributed by atoms with Gasteiger partial charge in [-0.2, -0.15) is 5.26 Å². The Balaban J connectivity index is 2.05. The van der Waals surface area contributed by atoms with E-state index in [-0.39, 0.29) is 12.2 Å². The Hall–Kier alpha value is -2.52. The van der Waals surface area contributed by atoms with Gasteiger partial charge in [0.1, 0.15) is 11.8 Å². The van der Waals surface area contributed by atoms with Gasteiger partial charge in [-0.25, -0.2) is 4.98 Å². The molecule has 0 atom stereocenters. The zero-order valence-corrected chi connectivity index (χ0v) is 12.3. The number of carbonyl (C=O) groups excluding carboxylic acids is 2. The molecular weight excluding hydrogens is 334 g/mol. The van der Waals surface area contributed by atoms with Crippen molar-refractivity contribution in [1.29, 1.82) is 5.26 Å². The molecule has 1 aromatic carbocycles. The van der Waals surface area contributed by atoms with Gasteiger partial charge in [-0.1, -0.05) is 22.0 Å². The van der Waals surface area contributed by atoms with E-state index in [2.05, 4.69) is 20.9 Å². The van der Waals surface area contributed by atoms with E-state index < -0.39 is 11.7 Å². The molecule has 0 unspecified atom stereocenters. The van der Waals surface area contributed by atoms with Crippen LogP contribution in [-0.4, -0.2) is 16.7 Å². The molecule has 1 aliphatic heterocycles. The Kier molecular flexibility index (Phi) is 3.28. The first kappa shape index (κ1) is 13.5. The number of fused-ring (bicyclic) bond motifs is 1. The maximum absolute atomic E-state index is 12.1. The fourth-order valence-corrected chi connectivity index (χ4v) is 2.61. The highest BCUT2D eigenvalue weighted by atomic mass is 79.9. The molecule has 0 aliphatic carbocycles. The van der Waals surface area contributed by atoms with Gasteiger partial charge in [0.15, 0.2) is 0 Å². The quantitative estimate of drug-likeness (QED) is 0.786.